The van der Waals surface area contributed by atoms with E-state index in [0.717, 1.165) is 17.7 Å². The van der Waals surface area contributed by atoms with E-state index in [4.69, 9.17) is 9.84 Å². The number of carbonyl (C=O) groups is 2. The molecule has 1 amide bonds. The van der Waals surface area contributed by atoms with Gasteiger partial charge in [-0.25, -0.2) is 4.79 Å². The largest absolute Gasteiger partial charge is 0.466 e. The van der Waals surface area contributed by atoms with Crippen molar-refractivity contribution in [2.75, 3.05) is 32.1 Å². The average molecular weight is 304 g/mol. The molecular weight excluding hydrogens is 284 g/mol. The molecule has 2 rings (SSSR count). The maximum atomic E-state index is 12.4. The van der Waals surface area contributed by atoms with Crippen molar-refractivity contribution >= 4 is 17.6 Å². The number of aliphatic hydroxyl groups is 1. The number of hydrogen-bond donors (Lipinski definition) is 2. The van der Waals surface area contributed by atoms with Gasteiger partial charge in [-0.1, -0.05) is 25.1 Å². The zero-order chi connectivity index (χ0) is 16.1. The minimum absolute atomic E-state index is 0.142. The van der Waals surface area contributed by atoms with Crippen LogP contribution in [0.5, 0.6) is 0 Å². The number of rotatable bonds is 6. The Labute approximate surface area is 129 Å². The van der Waals surface area contributed by atoms with Gasteiger partial charge in [-0.2, -0.15) is 0 Å². The third-order valence-corrected chi connectivity index (χ3v) is 3.61. The summed E-state index contributed by atoms with van der Waals surface area (Å²) in [5, 5.41) is 12.1. The maximum Gasteiger partial charge on any atom is 0.337 e. The zero-order valence-corrected chi connectivity index (χ0v) is 12.8. The number of β-amino-alcohol motifs (C(OH)–C–C–N with tert-alkyl or cyclic N) is 1. The number of anilines is 1. The lowest BCUT2D eigenvalue weighted by Gasteiger charge is -2.15. The molecule has 118 valence electrons. The van der Waals surface area contributed by atoms with Gasteiger partial charge in [-0.15, -0.1) is 0 Å². The molecule has 22 heavy (non-hydrogen) atoms. The first-order chi connectivity index (χ1) is 10.6. The molecule has 1 aliphatic rings. The van der Waals surface area contributed by atoms with Crippen LogP contribution in [0.2, 0.25) is 0 Å². The minimum Gasteiger partial charge on any atom is -0.466 e. The number of ether oxygens (including phenoxy) is 1. The van der Waals surface area contributed by atoms with E-state index in [1.54, 1.807) is 0 Å². The number of aliphatic hydroxyl groups excluding tert-OH is 1. The molecule has 2 N–H and O–H groups in total. The summed E-state index contributed by atoms with van der Waals surface area (Å²) < 4.78 is 4.76. The van der Waals surface area contributed by atoms with Gasteiger partial charge in [-0.05, 0) is 18.1 Å². The summed E-state index contributed by atoms with van der Waals surface area (Å²) in [7, 11) is 1.28. The smallest absolute Gasteiger partial charge is 0.337 e. The van der Waals surface area contributed by atoms with E-state index in [9.17, 15) is 9.59 Å². The second kappa shape index (κ2) is 7.09. The van der Waals surface area contributed by atoms with Gasteiger partial charge >= 0.3 is 5.97 Å². The normalized spacial score (nSPS) is 14.5. The van der Waals surface area contributed by atoms with Crippen LogP contribution in [0.25, 0.3) is 0 Å². The molecule has 0 saturated carbocycles. The van der Waals surface area contributed by atoms with Gasteiger partial charge in [-0.3, -0.25) is 4.79 Å². The van der Waals surface area contributed by atoms with E-state index in [2.05, 4.69) is 5.32 Å². The number of benzene rings is 1. The second-order valence-corrected chi connectivity index (χ2v) is 4.93. The molecule has 0 aliphatic carbocycles. The topological polar surface area (TPSA) is 78.9 Å². The van der Waals surface area contributed by atoms with Crippen LogP contribution < -0.4 is 5.32 Å². The van der Waals surface area contributed by atoms with Gasteiger partial charge < -0.3 is 20.1 Å². The molecule has 1 aliphatic heterocycles. The maximum absolute atomic E-state index is 12.4. The Hall–Kier alpha value is -2.34. The molecule has 6 nitrogen and oxygen atoms in total. The van der Waals surface area contributed by atoms with E-state index in [-0.39, 0.29) is 36.9 Å². The molecule has 0 fully saturated rings. The summed E-state index contributed by atoms with van der Waals surface area (Å²) in [6.45, 7) is 2.19. The number of carbonyl (C=O) groups excluding carboxylic acids is 2. The molecule has 1 aromatic carbocycles. The fourth-order valence-corrected chi connectivity index (χ4v) is 2.43. The van der Waals surface area contributed by atoms with Gasteiger partial charge in [0.15, 0.2) is 0 Å². The van der Waals surface area contributed by atoms with Gasteiger partial charge in [0.25, 0.3) is 5.91 Å². The van der Waals surface area contributed by atoms with Crippen molar-refractivity contribution in [2.45, 2.75) is 13.3 Å². The van der Waals surface area contributed by atoms with Crippen molar-refractivity contribution < 1.29 is 19.4 Å². The second-order valence-electron chi connectivity index (χ2n) is 4.93. The molecule has 0 radical (unpaired) electrons. The summed E-state index contributed by atoms with van der Waals surface area (Å²) >= 11 is 0. The molecule has 0 aromatic heterocycles. The van der Waals surface area contributed by atoms with Crippen LogP contribution in [0, 0.1) is 0 Å². The van der Waals surface area contributed by atoms with Crippen LogP contribution in [0.4, 0.5) is 5.69 Å². The highest BCUT2D eigenvalue weighted by molar-refractivity contribution is 6.08. The van der Waals surface area contributed by atoms with Crippen molar-refractivity contribution in [1.82, 2.24) is 4.90 Å². The third kappa shape index (κ3) is 3.12. The van der Waals surface area contributed by atoms with Crippen LogP contribution in [-0.4, -0.2) is 48.7 Å². The number of para-hydroxylation sites is 1. The number of aryl methyl sites for hydroxylation is 1. The Kier molecular flexibility index (Phi) is 5.16. The Bertz CT molecular complexity index is 610. The standard InChI is InChI=1S/C16H20N2O4/c1-3-11-6-4-5-7-13(11)17-14-12(16(21)22-2)10-18(8-9-19)15(14)20/h4-7,17,19H,3,8-10H2,1-2H3. The first-order valence-corrected chi connectivity index (χ1v) is 7.18. The quantitative estimate of drug-likeness (QED) is 0.764. The van der Waals surface area contributed by atoms with Crippen LogP contribution in [0.1, 0.15) is 12.5 Å². The lowest BCUT2D eigenvalue weighted by Crippen LogP contribution is -2.31. The van der Waals surface area contributed by atoms with E-state index < -0.39 is 5.97 Å². The Balaban J connectivity index is 2.34. The van der Waals surface area contributed by atoms with Crippen molar-refractivity contribution in [3.63, 3.8) is 0 Å². The van der Waals surface area contributed by atoms with Crippen LogP contribution in [0.15, 0.2) is 35.5 Å². The van der Waals surface area contributed by atoms with E-state index in [1.807, 2.05) is 31.2 Å². The number of nitrogens with one attached hydrogen (secondary N) is 1. The highest BCUT2D eigenvalue weighted by Gasteiger charge is 2.34. The molecular formula is C16H20N2O4. The van der Waals surface area contributed by atoms with Crippen molar-refractivity contribution in [2.24, 2.45) is 0 Å². The number of hydrogen-bond acceptors (Lipinski definition) is 5. The fourth-order valence-electron chi connectivity index (χ4n) is 2.43. The van der Waals surface area contributed by atoms with Gasteiger partial charge in [0.1, 0.15) is 5.70 Å². The van der Waals surface area contributed by atoms with Gasteiger partial charge in [0, 0.05) is 12.2 Å². The molecule has 1 heterocycles. The molecule has 0 spiro atoms. The summed E-state index contributed by atoms with van der Waals surface area (Å²) in [6.07, 6.45) is 0.804. The van der Waals surface area contributed by atoms with Crippen LogP contribution in [0.3, 0.4) is 0 Å². The average Bonchev–Trinajstić information content (AvgIpc) is 2.84. The first kappa shape index (κ1) is 16.0. The van der Waals surface area contributed by atoms with Gasteiger partial charge in [0.2, 0.25) is 0 Å². The predicted molar refractivity (Wildman–Crippen MR) is 82.2 cm³/mol. The molecule has 6 heteroatoms. The molecule has 0 atom stereocenters. The van der Waals surface area contributed by atoms with Crippen molar-refractivity contribution in [3.05, 3.63) is 41.1 Å². The first-order valence-electron chi connectivity index (χ1n) is 7.18. The van der Waals surface area contributed by atoms with Crippen molar-refractivity contribution in [1.29, 1.82) is 0 Å². The predicted octanol–water partition coefficient (Wildman–Crippen LogP) is 0.922. The molecule has 0 bridgehead atoms. The van der Waals surface area contributed by atoms with E-state index in [1.165, 1.54) is 12.0 Å². The Morgan fingerprint density at radius 1 is 1.41 bits per heavy atom. The summed E-state index contributed by atoms with van der Waals surface area (Å²) in [5.41, 5.74) is 2.35. The fraction of sp³-hybridized carbons (Fsp3) is 0.375. The van der Waals surface area contributed by atoms with Crippen molar-refractivity contribution in [3.8, 4) is 0 Å². The van der Waals surface area contributed by atoms with Crippen LogP contribution in [-0.2, 0) is 20.7 Å². The highest BCUT2D eigenvalue weighted by Crippen LogP contribution is 2.24. The summed E-state index contributed by atoms with van der Waals surface area (Å²) in [5.74, 6) is -0.842. The lowest BCUT2D eigenvalue weighted by atomic mass is 10.1. The number of esters is 1. The van der Waals surface area contributed by atoms with Gasteiger partial charge in [0.05, 0.1) is 25.8 Å². The zero-order valence-electron chi connectivity index (χ0n) is 12.8. The van der Waals surface area contributed by atoms with E-state index >= 15 is 0 Å². The summed E-state index contributed by atoms with van der Waals surface area (Å²) in [4.78, 5) is 25.7. The monoisotopic (exact) mass is 304 g/mol. The third-order valence-electron chi connectivity index (χ3n) is 3.61. The van der Waals surface area contributed by atoms with E-state index in [0.29, 0.717) is 0 Å². The van der Waals surface area contributed by atoms with Crippen LogP contribution >= 0.6 is 0 Å². The minimum atomic E-state index is -0.537. The highest BCUT2D eigenvalue weighted by atomic mass is 16.5. The number of methoxy groups -OCH3 is 1. The number of amides is 1. The summed E-state index contributed by atoms with van der Waals surface area (Å²) in [6, 6.07) is 7.62. The SMILES string of the molecule is CCc1ccccc1NC1=C(C(=O)OC)CN(CCO)C1=O. The lowest BCUT2D eigenvalue weighted by molar-refractivity contribution is -0.136. The molecule has 0 unspecified atom stereocenters. The molecule has 1 aromatic rings. The molecule has 0 saturated heterocycles. The Morgan fingerprint density at radius 2 is 2.14 bits per heavy atom. The number of nitrogens with zero attached hydrogens (tertiary/aromatic N) is 1. The Morgan fingerprint density at radius 3 is 2.77 bits per heavy atom.